The lowest BCUT2D eigenvalue weighted by Crippen LogP contribution is -2.54. The fraction of sp³-hybridized carbons (Fsp3) is 1.00. The molecule has 5 rings (SSSR count). The summed E-state index contributed by atoms with van der Waals surface area (Å²) in [6.45, 7) is 9.44. The van der Waals surface area contributed by atoms with Crippen LogP contribution in [-0.2, 0) is 4.74 Å². The minimum absolute atomic E-state index is 0.157. The molecule has 1 saturated heterocycles. The van der Waals surface area contributed by atoms with Crippen LogP contribution in [0.25, 0.3) is 0 Å². The van der Waals surface area contributed by atoms with Gasteiger partial charge in [-0.2, -0.15) is 13.2 Å². The molecule has 4 saturated carbocycles. The molecule has 11 unspecified atom stereocenters. The smallest absolute Gasteiger partial charge is 0.384 e. The van der Waals surface area contributed by atoms with Crippen LogP contribution >= 0.6 is 0 Å². The summed E-state index contributed by atoms with van der Waals surface area (Å²) < 4.78 is 44.5. The molecule has 1 spiro atoms. The van der Waals surface area contributed by atoms with Crippen LogP contribution in [0.15, 0.2) is 0 Å². The molecule has 2 nitrogen and oxygen atoms in total. The van der Waals surface area contributed by atoms with Crippen LogP contribution in [-0.4, -0.2) is 29.1 Å². The summed E-state index contributed by atoms with van der Waals surface area (Å²) >= 11 is 0. The van der Waals surface area contributed by atoms with Gasteiger partial charge in [0, 0.05) is 0 Å². The third-order valence-corrected chi connectivity index (χ3v) is 11.9. The average Bonchev–Trinajstić information content (AvgIpc) is 3.18. The van der Waals surface area contributed by atoms with Crippen LogP contribution < -0.4 is 0 Å². The Morgan fingerprint density at radius 2 is 1.62 bits per heavy atom. The van der Waals surface area contributed by atoms with Gasteiger partial charge >= 0.3 is 6.18 Å². The summed E-state index contributed by atoms with van der Waals surface area (Å²) in [5, 5.41) is 9.49. The van der Waals surface area contributed by atoms with Crippen molar-refractivity contribution in [3.63, 3.8) is 0 Å². The molecule has 184 valence electrons. The maximum Gasteiger partial charge on any atom is 0.414 e. The Morgan fingerprint density at radius 1 is 0.938 bits per heavy atom. The van der Waals surface area contributed by atoms with Gasteiger partial charge in [-0.3, -0.25) is 0 Å². The predicted molar refractivity (Wildman–Crippen MR) is 119 cm³/mol. The van der Waals surface area contributed by atoms with Crippen molar-refractivity contribution in [2.45, 2.75) is 122 Å². The topological polar surface area (TPSA) is 32.8 Å². The zero-order valence-corrected chi connectivity index (χ0v) is 20.4. The van der Waals surface area contributed by atoms with Gasteiger partial charge in [-0.05, 0) is 124 Å². The van der Waals surface area contributed by atoms with Gasteiger partial charge in [0.2, 0.25) is 0 Å². The molecule has 5 aliphatic rings. The van der Waals surface area contributed by atoms with Gasteiger partial charge in [0.15, 0.2) is 0 Å². The van der Waals surface area contributed by atoms with E-state index < -0.39 is 12.3 Å². The van der Waals surface area contributed by atoms with Crippen molar-refractivity contribution in [3.05, 3.63) is 0 Å². The van der Waals surface area contributed by atoms with Gasteiger partial charge in [-0.1, -0.05) is 20.8 Å². The number of hydrogen-bond donors (Lipinski definition) is 1. The Morgan fingerprint density at radius 3 is 2.28 bits per heavy atom. The molecule has 1 N–H and O–H groups in total. The molecule has 0 aromatic carbocycles. The summed E-state index contributed by atoms with van der Waals surface area (Å²) in [7, 11) is 0. The molecule has 4 aliphatic carbocycles. The number of hydrogen-bond acceptors (Lipinski definition) is 2. The number of halogens is 3. The molecule has 11 atom stereocenters. The van der Waals surface area contributed by atoms with Crippen molar-refractivity contribution in [2.24, 2.45) is 46.3 Å². The van der Waals surface area contributed by atoms with Crippen molar-refractivity contribution >= 4 is 0 Å². The highest BCUT2D eigenvalue weighted by Gasteiger charge is 2.65. The Hall–Kier alpha value is -0.290. The Balaban J connectivity index is 1.27. The number of aliphatic hydroxyl groups is 1. The number of ether oxygens (including phenoxy) is 1. The van der Waals surface area contributed by atoms with E-state index in [0.29, 0.717) is 23.9 Å². The minimum Gasteiger partial charge on any atom is -0.384 e. The summed E-state index contributed by atoms with van der Waals surface area (Å²) in [6.07, 6.45) is 5.50. The molecule has 0 aromatic rings. The van der Waals surface area contributed by atoms with Crippen molar-refractivity contribution < 1.29 is 23.0 Å². The maximum absolute atomic E-state index is 12.8. The lowest BCUT2D eigenvalue weighted by atomic mass is 9.43. The molecular weight excluding hydrogens is 413 g/mol. The monoisotopic (exact) mass is 456 g/mol. The van der Waals surface area contributed by atoms with Crippen LogP contribution in [0, 0.1) is 46.3 Å². The average molecular weight is 457 g/mol. The van der Waals surface area contributed by atoms with Gasteiger partial charge in [-0.25, -0.2) is 0 Å². The molecule has 5 heteroatoms. The minimum atomic E-state index is -4.49. The second-order valence-corrected chi connectivity index (χ2v) is 13.0. The van der Waals surface area contributed by atoms with Crippen molar-refractivity contribution in [2.75, 3.05) is 0 Å². The van der Waals surface area contributed by atoms with Gasteiger partial charge in [0.1, 0.15) is 6.10 Å². The highest BCUT2D eigenvalue weighted by molar-refractivity contribution is 5.14. The molecule has 0 amide bonds. The molecule has 0 aromatic heterocycles. The van der Waals surface area contributed by atoms with E-state index in [1.54, 1.807) is 0 Å². The second kappa shape index (κ2) is 7.60. The Kier molecular flexibility index (Phi) is 5.57. The highest BCUT2D eigenvalue weighted by atomic mass is 19.4. The molecule has 0 radical (unpaired) electrons. The van der Waals surface area contributed by atoms with E-state index in [0.717, 1.165) is 30.1 Å². The van der Waals surface area contributed by atoms with Crippen molar-refractivity contribution in [1.82, 2.24) is 0 Å². The van der Waals surface area contributed by atoms with Gasteiger partial charge in [0.05, 0.1) is 11.7 Å². The third-order valence-electron chi connectivity index (χ3n) is 11.9. The van der Waals surface area contributed by atoms with Gasteiger partial charge in [0.25, 0.3) is 0 Å². The zero-order chi connectivity index (χ0) is 23.1. The molecule has 1 heterocycles. The second-order valence-electron chi connectivity index (χ2n) is 13.0. The number of aliphatic hydroxyl groups excluding tert-OH is 1. The summed E-state index contributed by atoms with van der Waals surface area (Å²) in [5.41, 5.74) is 0.910. The molecule has 32 heavy (non-hydrogen) atoms. The largest absolute Gasteiger partial charge is 0.414 e. The SMILES string of the molecule is CC(CCC(O)C(F)(F)F)C1CCC2C3CCC4CC5(CCC4(C)C3CCC12C)OC5C. The number of fused-ring (bicyclic) bond motifs is 5. The Bertz CT molecular complexity index is 724. The van der Waals surface area contributed by atoms with Crippen molar-refractivity contribution in [1.29, 1.82) is 0 Å². The first-order chi connectivity index (χ1) is 14.9. The van der Waals surface area contributed by atoms with Gasteiger partial charge in [-0.15, -0.1) is 0 Å². The number of rotatable bonds is 4. The van der Waals surface area contributed by atoms with E-state index in [4.69, 9.17) is 4.74 Å². The van der Waals surface area contributed by atoms with Crippen LogP contribution in [0.1, 0.15) is 98.3 Å². The first-order valence-electron chi connectivity index (χ1n) is 13.3. The first-order valence-corrected chi connectivity index (χ1v) is 13.3. The third kappa shape index (κ3) is 3.49. The maximum atomic E-state index is 12.8. The molecular formula is C27H43F3O2. The van der Waals surface area contributed by atoms with E-state index in [1.165, 1.54) is 51.4 Å². The lowest BCUT2D eigenvalue weighted by molar-refractivity contribution is -0.206. The molecule has 0 bridgehead atoms. The lowest BCUT2D eigenvalue weighted by Gasteiger charge is -2.61. The first kappa shape index (κ1) is 23.5. The number of epoxide rings is 1. The molecule has 1 aliphatic heterocycles. The summed E-state index contributed by atoms with van der Waals surface area (Å²) in [4.78, 5) is 0. The van der Waals surface area contributed by atoms with E-state index in [-0.39, 0.29) is 23.4 Å². The normalized spacial score (nSPS) is 52.1. The van der Waals surface area contributed by atoms with Crippen molar-refractivity contribution in [3.8, 4) is 0 Å². The van der Waals surface area contributed by atoms with E-state index in [1.807, 2.05) is 0 Å². The summed E-state index contributed by atoms with van der Waals surface area (Å²) in [5.74, 6) is 3.87. The fourth-order valence-electron chi connectivity index (χ4n) is 9.81. The number of alkyl halides is 3. The zero-order valence-electron chi connectivity index (χ0n) is 20.4. The van der Waals surface area contributed by atoms with Crippen LogP contribution in [0.4, 0.5) is 13.2 Å². The summed E-state index contributed by atoms with van der Waals surface area (Å²) in [6, 6.07) is 0. The van der Waals surface area contributed by atoms with Crippen LogP contribution in [0.2, 0.25) is 0 Å². The quantitative estimate of drug-likeness (QED) is 0.456. The van der Waals surface area contributed by atoms with E-state index in [2.05, 4.69) is 27.7 Å². The van der Waals surface area contributed by atoms with E-state index in [9.17, 15) is 18.3 Å². The van der Waals surface area contributed by atoms with Crippen LogP contribution in [0.5, 0.6) is 0 Å². The molecule has 5 fully saturated rings. The Labute approximate surface area is 192 Å². The van der Waals surface area contributed by atoms with Crippen LogP contribution in [0.3, 0.4) is 0 Å². The predicted octanol–water partition coefficient (Wildman–Crippen LogP) is 7.14. The van der Waals surface area contributed by atoms with Gasteiger partial charge < -0.3 is 9.84 Å². The van der Waals surface area contributed by atoms with E-state index >= 15 is 0 Å². The fourth-order valence-corrected chi connectivity index (χ4v) is 9.81. The standard InChI is InChI=1S/C27H43F3O2/c1-16(5-10-23(31)27(28,29)30)20-8-9-21-19-7-6-18-15-26(17(2)32-26)14-13-24(18,3)22(19)11-12-25(20,21)4/h16-23,31H,5-15H2,1-4H3. The highest BCUT2D eigenvalue weighted by Crippen LogP contribution is 2.70.